The van der Waals surface area contributed by atoms with Crippen LogP contribution in [-0.2, 0) is 4.79 Å². The molecular formula is C10H19NO. The summed E-state index contributed by atoms with van der Waals surface area (Å²) in [7, 11) is 0. The van der Waals surface area contributed by atoms with Crippen LogP contribution in [0.1, 0.15) is 40.0 Å². The third kappa shape index (κ3) is 6.10. The normalized spacial score (nSPS) is 15.0. The van der Waals surface area contributed by atoms with Crippen LogP contribution < -0.4 is 5.73 Å². The second-order valence-electron chi connectivity index (χ2n) is 3.84. The van der Waals surface area contributed by atoms with E-state index in [9.17, 15) is 4.79 Å². The van der Waals surface area contributed by atoms with Crippen molar-refractivity contribution >= 4 is 6.29 Å². The molecule has 0 saturated heterocycles. The van der Waals surface area contributed by atoms with Crippen LogP contribution in [0.2, 0.25) is 0 Å². The molecule has 2 N–H and O–H groups in total. The summed E-state index contributed by atoms with van der Waals surface area (Å²) >= 11 is 0. The van der Waals surface area contributed by atoms with E-state index in [1.807, 2.05) is 6.92 Å². The molecule has 12 heavy (non-hydrogen) atoms. The molecule has 0 fully saturated rings. The van der Waals surface area contributed by atoms with E-state index in [2.05, 4.69) is 19.9 Å². The van der Waals surface area contributed by atoms with Crippen molar-refractivity contribution in [2.24, 2.45) is 5.73 Å². The minimum Gasteiger partial charge on any atom is -0.325 e. The Labute approximate surface area is 74.8 Å². The van der Waals surface area contributed by atoms with Crippen molar-refractivity contribution in [3.05, 3.63) is 11.6 Å². The molecule has 0 bridgehead atoms. The highest BCUT2D eigenvalue weighted by molar-refractivity contribution is 5.51. The molecule has 0 aromatic carbocycles. The number of hydrogen-bond acceptors (Lipinski definition) is 2. The van der Waals surface area contributed by atoms with Crippen LogP contribution in [0.15, 0.2) is 11.6 Å². The molecule has 0 aliphatic rings. The summed E-state index contributed by atoms with van der Waals surface area (Å²) in [6.07, 6.45) is 5.32. The van der Waals surface area contributed by atoms with Gasteiger partial charge in [-0.2, -0.15) is 0 Å². The minimum atomic E-state index is -0.326. The van der Waals surface area contributed by atoms with Crippen LogP contribution in [-0.4, -0.2) is 11.8 Å². The number of allylic oxidation sites excluding steroid dienone is 2. The van der Waals surface area contributed by atoms with Gasteiger partial charge in [0.25, 0.3) is 0 Å². The summed E-state index contributed by atoms with van der Waals surface area (Å²) in [6.45, 7) is 6.04. The van der Waals surface area contributed by atoms with Gasteiger partial charge in [-0.15, -0.1) is 0 Å². The molecular weight excluding hydrogens is 150 g/mol. The Hall–Kier alpha value is -0.630. The van der Waals surface area contributed by atoms with E-state index >= 15 is 0 Å². The minimum absolute atomic E-state index is 0.326. The molecule has 0 aromatic heterocycles. The van der Waals surface area contributed by atoms with Crippen molar-refractivity contribution in [3.8, 4) is 0 Å². The SMILES string of the molecule is CC(C)=CCC[C@](C)(N)CC=O. The van der Waals surface area contributed by atoms with Crippen molar-refractivity contribution in [1.29, 1.82) is 0 Å². The number of nitrogens with two attached hydrogens (primary N) is 1. The fourth-order valence-corrected chi connectivity index (χ4v) is 0.983. The quantitative estimate of drug-likeness (QED) is 0.505. The summed E-state index contributed by atoms with van der Waals surface area (Å²) in [6, 6.07) is 0. The van der Waals surface area contributed by atoms with Gasteiger partial charge in [0, 0.05) is 12.0 Å². The lowest BCUT2D eigenvalue weighted by molar-refractivity contribution is -0.108. The first-order valence-electron chi connectivity index (χ1n) is 4.34. The summed E-state index contributed by atoms with van der Waals surface area (Å²) in [5.74, 6) is 0. The van der Waals surface area contributed by atoms with E-state index in [1.54, 1.807) is 0 Å². The summed E-state index contributed by atoms with van der Waals surface area (Å²) in [5, 5.41) is 0. The zero-order valence-corrected chi connectivity index (χ0v) is 8.26. The molecule has 0 aromatic rings. The first-order valence-corrected chi connectivity index (χ1v) is 4.34. The molecule has 2 nitrogen and oxygen atoms in total. The van der Waals surface area contributed by atoms with Gasteiger partial charge in [-0.05, 0) is 33.6 Å². The molecule has 0 heterocycles. The van der Waals surface area contributed by atoms with Gasteiger partial charge in [0.15, 0.2) is 0 Å². The van der Waals surface area contributed by atoms with Gasteiger partial charge < -0.3 is 10.5 Å². The van der Waals surface area contributed by atoms with E-state index in [1.165, 1.54) is 5.57 Å². The van der Waals surface area contributed by atoms with E-state index in [4.69, 9.17) is 5.73 Å². The Morgan fingerprint density at radius 2 is 2.08 bits per heavy atom. The monoisotopic (exact) mass is 169 g/mol. The van der Waals surface area contributed by atoms with Gasteiger partial charge in [-0.1, -0.05) is 11.6 Å². The van der Waals surface area contributed by atoms with E-state index in [0.29, 0.717) is 6.42 Å². The van der Waals surface area contributed by atoms with Gasteiger partial charge in [0.1, 0.15) is 6.29 Å². The third-order valence-corrected chi connectivity index (χ3v) is 1.82. The van der Waals surface area contributed by atoms with Gasteiger partial charge in [-0.25, -0.2) is 0 Å². The number of carbonyl (C=O) groups is 1. The Kier molecular flexibility index (Phi) is 4.83. The van der Waals surface area contributed by atoms with Crippen LogP contribution in [0.25, 0.3) is 0 Å². The van der Waals surface area contributed by atoms with Crippen LogP contribution in [0.5, 0.6) is 0 Å². The standard InChI is InChI=1S/C10H19NO/c1-9(2)5-4-6-10(3,11)7-8-12/h5,8H,4,6-7,11H2,1-3H3/t10-/m0/s1. The molecule has 0 aliphatic carbocycles. The zero-order chi connectivity index (χ0) is 9.61. The molecule has 0 rings (SSSR count). The highest BCUT2D eigenvalue weighted by atomic mass is 16.1. The highest BCUT2D eigenvalue weighted by Gasteiger charge is 2.15. The average Bonchev–Trinajstić information content (AvgIpc) is 1.85. The van der Waals surface area contributed by atoms with E-state index in [0.717, 1.165) is 19.1 Å². The Morgan fingerprint density at radius 1 is 1.50 bits per heavy atom. The van der Waals surface area contributed by atoms with Gasteiger partial charge in [0.2, 0.25) is 0 Å². The predicted octanol–water partition coefficient (Wildman–Crippen LogP) is 2.04. The molecule has 0 amide bonds. The first-order chi connectivity index (χ1) is 5.48. The summed E-state index contributed by atoms with van der Waals surface area (Å²) in [5.41, 5.74) is 6.83. The second-order valence-corrected chi connectivity index (χ2v) is 3.84. The molecule has 0 spiro atoms. The fraction of sp³-hybridized carbons (Fsp3) is 0.700. The molecule has 0 unspecified atom stereocenters. The van der Waals surface area contributed by atoms with Gasteiger partial charge >= 0.3 is 0 Å². The van der Waals surface area contributed by atoms with Crippen LogP contribution in [0, 0.1) is 0 Å². The lowest BCUT2D eigenvalue weighted by Crippen LogP contribution is -2.36. The maximum Gasteiger partial charge on any atom is 0.121 e. The van der Waals surface area contributed by atoms with Crippen molar-refractivity contribution in [2.75, 3.05) is 0 Å². The lowest BCUT2D eigenvalue weighted by atomic mass is 9.93. The smallest absolute Gasteiger partial charge is 0.121 e. The Morgan fingerprint density at radius 3 is 2.50 bits per heavy atom. The largest absolute Gasteiger partial charge is 0.325 e. The van der Waals surface area contributed by atoms with Crippen molar-refractivity contribution < 1.29 is 4.79 Å². The van der Waals surface area contributed by atoms with Crippen LogP contribution in [0.4, 0.5) is 0 Å². The predicted molar refractivity (Wildman–Crippen MR) is 51.9 cm³/mol. The van der Waals surface area contributed by atoms with Gasteiger partial charge in [-0.3, -0.25) is 0 Å². The van der Waals surface area contributed by atoms with E-state index < -0.39 is 0 Å². The number of carbonyl (C=O) groups excluding carboxylic acids is 1. The lowest BCUT2D eigenvalue weighted by Gasteiger charge is -2.20. The summed E-state index contributed by atoms with van der Waals surface area (Å²) < 4.78 is 0. The van der Waals surface area contributed by atoms with Crippen molar-refractivity contribution in [2.45, 2.75) is 45.6 Å². The zero-order valence-electron chi connectivity index (χ0n) is 8.26. The Bertz CT molecular complexity index is 167. The number of hydrogen-bond donors (Lipinski definition) is 1. The van der Waals surface area contributed by atoms with Crippen molar-refractivity contribution in [1.82, 2.24) is 0 Å². The van der Waals surface area contributed by atoms with Crippen LogP contribution in [0.3, 0.4) is 0 Å². The van der Waals surface area contributed by atoms with Crippen LogP contribution >= 0.6 is 0 Å². The maximum absolute atomic E-state index is 10.2. The van der Waals surface area contributed by atoms with Crippen molar-refractivity contribution in [3.63, 3.8) is 0 Å². The third-order valence-electron chi connectivity index (χ3n) is 1.82. The molecule has 0 radical (unpaired) electrons. The Balaban J connectivity index is 3.75. The first kappa shape index (κ1) is 11.4. The molecule has 0 aliphatic heterocycles. The molecule has 70 valence electrons. The van der Waals surface area contributed by atoms with Gasteiger partial charge in [0.05, 0.1) is 0 Å². The summed E-state index contributed by atoms with van der Waals surface area (Å²) in [4.78, 5) is 10.2. The number of aldehydes is 1. The highest BCUT2D eigenvalue weighted by Crippen LogP contribution is 2.12. The topological polar surface area (TPSA) is 43.1 Å². The van der Waals surface area contributed by atoms with E-state index in [-0.39, 0.29) is 5.54 Å². The number of rotatable bonds is 5. The molecule has 2 heteroatoms. The average molecular weight is 169 g/mol. The fourth-order valence-electron chi connectivity index (χ4n) is 0.983. The maximum atomic E-state index is 10.2. The molecule has 1 atom stereocenters. The second kappa shape index (κ2) is 5.09. The molecule has 0 saturated carbocycles.